The molecule has 116 valence electrons. The molecule has 0 bridgehead atoms. The van der Waals surface area contributed by atoms with Crippen molar-refractivity contribution < 1.29 is 18.7 Å². The van der Waals surface area contributed by atoms with E-state index in [1.807, 2.05) is 0 Å². The average molecular weight is 296 g/mol. The molecule has 0 aliphatic heterocycles. The van der Waals surface area contributed by atoms with Gasteiger partial charge in [0.1, 0.15) is 5.82 Å². The van der Waals surface area contributed by atoms with Gasteiger partial charge in [0, 0.05) is 5.54 Å². The zero-order chi connectivity index (χ0) is 16.4. The third kappa shape index (κ3) is 3.58. The fourth-order valence-corrected chi connectivity index (χ4v) is 1.44. The maximum Gasteiger partial charge on any atom is 0.337 e. The Hall–Kier alpha value is -1.95. The fraction of sp³-hybridized carbons (Fsp3) is 0.467. The molecule has 5 nitrogen and oxygen atoms in total. The minimum absolute atomic E-state index is 0.0831. The lowest BCUT2D eigenvalue weighted by Gasteiger charge is -2.36. The van der Waals surface area contributed by atoms with E-state index >= 15 is 0 Å². The number of carbonyl (C=O) groups is 2. The van der Waals surface area contributed by atoms with Crippen LogP contribution in [0.3, 0.4) is 0 Å². The van der Waals surface area contributed by atoms with Gasteiger partial charge < -0.3 is 15.8 Å². The number of hydrogen-bond donors (Lipinski definition) is 2. The van der Waals surface area contributed by atoms with E-state index in [0.717, 1.165) is 6.07 Å². The maximum atomic E-state index is 13.8. The van der Waals surface area contributed by atoms with Crippen LogP contribution in [0.25, 0.3) is 0 Å². The highest BCUT2D eigenvalue weighted by atomic mass is 19.1. The summed E-state index contributed by atoms with van der Waals surface area (Å²) >= 11 is 0. The number of carbonyl (C=O) groups excluding carboxylic acids is 2. The Balaban J connectivity index is 3.08. The molecule has 3 N–H and O–H groups in total. The Morgan fingerprint density at radius 2 is 1.81 bits per heavy atom. The van der Waals surface area contributed by atoms with Crippen LogP contribution in [0.5, 0.6) is 0 Å². The summed E-state index contributed by atoms with van der Waals surface area (Å²) in [7, 11) is 1.23. The van der Waals surface area contributed by atoms with Crippen molar-refractivity contribution in [2.45, 2.75) is 33.2 Å². The van der Waals surface area contributed by atoms with Crippen molar-refractivity contribution in [2.24, 2.45) is 11.1 Å². The molecule has 0 radical (unpaired) electrons. The Kier molecular flexibility index (Phi) is 4.73. The van der Waals surface area contributed by atoms with Gasteiger partial charge in [-0.15, -0.1) is 0 Å². The molecule has 1 amide bonds. The molecular weight excluding hydrogens is 275 g/mol. The second-order valence-corrected chi connectivity index (χ2v) is 5.99. The largest absolute Gasteiger partial charge is 0.465 e. The zero-order valence-electron chi connectivity index (χ0n) is 12.9. The first-order valence-corrected chi connectivity index (χ1v) is 6.49. The second kappa shape index (κ2) is 5.81. The summed E-state index contributed by atoms with van der Waals surface area (Å²) in [5, 5.41) is 2.47. The topological polar surface area (TPSA) is 81.4 Å². The first-order chi connectivity index (χ1) is 9.50. The predicted octanol–water partition coefficient (Wildman–Crippen LogP) is 2.31. The summed E-state index contributed by atoms with van der Waals surface area (Å²) in [5.41, 5.74) is 4.32. The van der Waals surface area contributed by atoms with E-state index in [2.05, 4.69) is 10.1 Å². The maximum absolute atomic E-state index is 13.8. The third-order valence-electron chi connectivity index (χ3n) is 3.81. The van der Waals surface area contributed by atoms with E-state index < -0.39 is 28.6 Å². The van der Waals surface area contributed by atoms with Gasteiger partial charge in [0.05, 0.1) is 23.8 Å². The van der Waals surface area contributed by atoms with Crippen molar-refractivity contribution in [1.82, 2.24) is 0 Å². The number of rotatable bonds is 4. The van der Waals surface area contributed by atoms with Gasteiger partial charge in [-0.1, -0.05) is 0 Å². The lowest BCUT2D eigenvalue weighted by atomic mass is 9.74. The van der Waals surface area contributed by atoms with Crippen LogP contribution in [-0.2, 0) is 9.53 Å². The molecule has 0 heterocycles. The van der Waals surface area contributed by atoms with Gasteiger partial charge in [-0.2, -0.15) is 0 Å². The number of ether oxygens (including phenoxy) is 1. The zero-order valence-corrected chi connectivity index (χ0v) is 12.9. The summed E-state index contributed by atoms with van der Waals surface area (Å²) in [4.78, 5) is 23.8. The van der Waals surface area contributed by atoms with Crippen LogP contribution >= 0.6 is 0 Å². The minimum atomic E-state index is -0.930. The number of esters is 1. The highest BCUT2D eigenvalue weighted by Gasteiger charge is 2.40. The molecular formula is C15H21FN2O3. The Morgan fingerprint density at radius 1 is 1.24 bits per heavy atom. The van der Waals surface area contributed by atoms with E-state index in [0.29, 0.717) is 0 Å². The predicted molar refractivity (Wildman–Crippen MR) is 78.4 cm³/mol. The Bertz CT molecular complexity index is 563. The van der Waals surface area contributed by atoms with Gasteiger partial charge in [-0.05, 0) is 45.9 Å². The van der Waals surface area contributed by atoms with Crippen LogP contribution in [0.2, 0.25) is 0 Å². The molecule has 0 aliphatic rings. The second-order valence-electron chi connectivity index (χ2n) is 5.99. The normalized spacial score (nSPS) is 12.0. The molecule has 0 aromatic heterocycles. The minimum Gasteiger partial charge on any atom is -0.465 e. The van der Waals surface area contributed by atoms with Crippen LogP contribution < -0.4 is 11.1 Å². The smallest absolute Gasteiger partial charge is 0.337 e. The molecule has 0 fully saturated rings. The van der Waals surface area contributed by atoms with Crippen molar-refractivity contribution in [3.8, 4) is 0 Å². The lowest BCUT2D eigenvalue weighted by Crippen LogP contribution is -2.53. The number of nitrogens with two attached hydrogens (primary N) is 1. The SMILES string of the molecule is COC(=O)c1ccc(F)c(NC(=O)C(C)(C)C(C)(C)N)c1. The van der Waals surface area contributed by atoms with E-state index in [1.54, 1.807) is 27.7 Å². The summed E-state index contributed by atoms with van der Waals surface area (Å²) in [5.74, 6) is -1.68. The quantitative estimate of drug-likeness (QED) is 0.835. The Morgan fingerprint density at radius 3 is 2.29 bits per heavy atom. The molecule has 1 aromatic carbocycles. The average Bonchev–Trinajstić information content (AvgIpc) is 2.38. The van der Waals surface area contributed by atoms with Gasteiger partial charge >= 0.3 is 5.97 Å². The first-order valence-electron chi connectivity index (χ1n) is 6.49. The molecule has 0 atom stereocenters. The fourth-order valence-electron chi connectivity index (χ4n) is 1.44. The highest BCUT2D eigenvalue weighted by Crippen LogP contribution is 2.30. The van der Waals surface area contributed by atoms with Gasteiger partial charge in [0.15, 0.2) is 0 Å². The number of halogens is 1. The molecule has 0 spiro atoms. The highest BCUT2D eigenvalue weighted by molar-refractivity contribution is 5.97. The van der Waals surface area contributed by atoms with Crippen LogP contribution in [0.15, 0.2) is 18.2 Å². The molecule has 6 heteroatoms. The number of anilines is 1. The number of methoxy groups -OCH3 is 1. The summed E-state index contributed by atoms with van der Waals surface area (Å²) < 4.78 is 18.3. The molecule has 0 saturated heterocycles. The number of benzene rings is 1. The van der Waals surface area contributed by atoms with Gasteiger partial charge in [-0.25, -0.2) is 9.18 Å². The molecule has 0 unspecified atom stereocenters. The summed E-state index contributed by atoms with van der Waals surface area (Å²) in [6, 6.07) is 3.62. The molecule has 21 heavy (non-hydrogen) atoms. The van der Waals surface area contributed by atoms with Gasteiger partial charge in [0.2, 0.25) is 5.91 Å². The monoisotopic (exact) mass is 296 g/mol. The molecule has 0 aliphatic carbocycles. The number of hydrogen-bond acceptors (Lipinski definition) is 4. The van der Waals surface area contributed by atoms with Gasteiger partial charge in [-0.3, -0.25) is 4.79 Å². The van der Waals surface area contributed by atoms with Crippen LogP contribution in [0.4, 0.5) is 10.1 Å². The van der Waals surface area contributed by atoms with Crippen molar-refractivity contribution in [3.63, 3.8) is 0 Å². The van der Waals surface area contributed by atoms with Crippen LogP contribution in [0.1, 0.15) is 38.1 Å². The van der Waals surface area contributed by atoms with Gasteiger partial charge in [0.25, 0.3) is 0 Å². The van der Waals surface area contributed by atoms with Crippen molar-refractivity contribution in [1.29, 1.82) is 0 Å². The van der Waals surface area contributed by atoms with Crippen LogP contribution in [0, 0.1) is 11.2 Å². The van der Waals surface area contributed by atoms with Crippen molar-refractivity contribution in [2.75, 3.05) is 12.4 Å². The molecule has 1 rings (SSSR count). The van der Waals surface area contributed by atoms with E-state index in [-0.39, 0.29) is 11.3 Å². The third-order valence-corrected chi connectivity index (χ3v) is 3.81. The standard InChI is InChI=1S/C15H21FN2O3/c1-14(2,15(3,4)17)13(20)18-11-8-9(12(19)21-5)6-7-10(11)16/h6-8H,17H2,1-5H3,(H,18,20). The first kappa shape index (κ1) is 17.1. The molecule has 0 saturated carbocycles. The van der Waals surface area contributed by atoms with E-state index in [9.17, 15) is 14.0 Å². The summed E-state index contributed by atoms with van der Waals surface area (Å²) in [6.45, 7) is 6.77. The summed E-state index contributed by atoms with van der Waals surface area (Å²) in [6.07, 6.45) is 0. The number of amides is 1. The van der Waals surface area contributed by atoms with Crippen molar-refractivity contribution >= 4 is 17.6 Å². The van der Waals surface area contributed by atoms with E-state index in [4.69, 9.17) is 5.73 Å². The van der Waals surface area contributed by atoms with Crippen molar-refractivity contribution in [3.05, 3.63) is 29.6 Å². The Labute approximate surface area is 123 Å². The van der Waals surface area contributed by atoms with Crippen LogP contribution in [-0.4, -0.2) is 24.5 Å². The lowest BCUT2D eigenvalue weighted by molar-refractivity contribution is -0.126. The molecule has 1 aromatic rings. The number of nitrogens with one attached hydrogen (secondary N) is 1. The van der Waals surface area contributed by atoms with E-state index in [1.165, 1.54) is 19.2 Å².